The Hall–Kier alpha value is -0.690. The Morgan fingerprint density at radius 1 is 1.24 bits per heavy atom. The summed E-state index contributed by atoms with van der Waals surface area (Å²) in [4.78, 5) is 12.1. The lowest BCUT2D eigenvalue weighted by Crippen LogP contribution is -2.72. The van der Waals surface area contributed by atoms with E-state index < -0.39 is 47.7 Å². The molecule has 0 unspecified atom stereocenters. The van der Waals surface area contributed by atoms with Gasteiger partial charge in [0.25, 0.3) is 0 Å². The van der Waals surface area contributed by atoms with Gasteiger partial charge in [0.15, 0.2) is 5.79 Å². The topological polar surface area (TPSA) is 85.2 Å². The van der Waals surface area contributed by atoms with Gasteiger partial charge in [0.05, 0.1) is 18.1 Å². The minimum Gasteiger partial charge on any atom is -0.432 e. The molecule has 1 saturated carbocycles. The number of hydrogen-bond donors (Lipinski definition) is 2. The minimum atomic E-state index is -1.01. The van der Waals surface area contributed by atoms with Crippen LogP contribution in [0, 0.1) is 23.7 Å². The molecule has 2 N–H and O–H groups in total. The molecule has 9 atom stereocenters. The lowest BCUT2D eigenvalue weighted by atomic mass is 9.55. The monoisotopic (exact) mass is 298 g/mol. The van der Waals surface area contributed by atoms with Crippen LogP contribution in [0.25, 0.3) is 0 Å². The van der Waals surface area contributed by atoms with Gasteiger partial charge in [-0.25, -0.2) is 0 Å². The van der Waals surface area contributed by atoms with Gasteiger partial charge in [0.1, 0.15) is 5.60 Å². The largest absolute Gasteiger partial charge is 0.432 e. The van der Waals surface area contributed by atoms with Crippen molar-refractivity contribution in [3.8, 4) is 0 Å². The van der Waals surface area contributed by atoms with Crippen molar-refractivity contribution in [1.29, 1.82) is 0 Å². The van der Waals surface area contributed by atoms with Crippen molar-refractivity contribution in [3.63, 3.8) is 0 Å². The molecule has 0 amide bonds. The number of carbonyl (C=O) groups excluding carboxylic acids is 1. The molecule has 0 aromatic carbocycles. The Balaban J connectivity index is 1.88. The van der Waals surface area contributed by atoms with Crippen molar-refractivity contribution in [2.24, 2.45) is 23.7 Å². The number of aliphatic hydroxyl groups excluding tert-OH is 2. The van der Waals surface area contributed by atoms with Gasteiger partial charge in [-0.3, -0.25) is 4.79 Å². The van der Waals surface area contributed by atoms with E-state index in [1.807, 2.05) is 13.8 Å². The number of hydrogen-bond acceptors (Lipinski definition) is 6. The maximum atomic E-state index is 12.1. The van der Waals surface area contributed by atoms with Gasteiger partial charge >= 0.3 is 5.97 Å². The Morgan fingerprint density at radius 2 is 1.95 bits per heavy atom. The highest BCUT2D eigenvalue weighted by Crippen LogP contribution is 2.62. The summed E-state index contributed by atoms with van der Waals surface area (Å²) in [5.41, 5.74) is -0.835. The van der Waals surface area contributed by atoms with Gasteiger partial charge < -0.3 is 24.4 Å². The zero-order valence-electron chi connectivity index (χ0n) is 12.5. The molecule has 1 spiro atoms. The first-order chi connectivity index (χ1) is 9.80. The summed E-state index contributed by atoms with van der Waals surface area (Å²) in [6.45, 7) is 5.51. The van der Waals surface area contributed by atoms with Crippen molar-refractivity contribution in [2.45, 2.75) is 63.5 Å². The highest BCUT2D eigenvalue weighted by atomic mass is 16.8. The Bertz CT molecular complexity index is 495. The average Bonchev–Trinajstić information content (AvgIpc) is 2.64. The van der Waals surface area contributed by atoms with Crippen LogP contribution in [0.2, 0.25) is 0 Å². The molecular weight excluding hydrogens is 276 g/mol. The van der Waals surface area contributed by atoms with Gasteiger partial charge in [-0.15, -0.1) is 0 Å². The van der Waals surface area contributed by atoms with Crippen molar-refractivity contribution >= 4 is 5.97 Å². The molecule has 0 aromatic heterocycles. The number of rotatable bonds is 0. The molecule has 2 bridgehead atoms. The first-order valence-electron chi connectivity index (χ1n) is 7.75. The van der Waals surface area contributed by atoms with E-state index in [1.165, 1.54) is 0 Å². The van der Waals surface area contributed by atoms with Gasteiger partial charge in [0.2, 0.25) is 6.29 Å². The Labute approximate surface area is 123 Å². The summed E-state index contributed by atoms with van der Waals surface area (Å²) < 4.78 is 17.7. The quantitative estimate of drug-likeness (QED) is 0.630. The van der Waals surface area contributed by atoms with E-state index in [4.69, 9.17) is 14.2 Å². The Morgan fingerprint density at radius 3 is 2.67 bits per heavy atom. The molecular formula is C15H22O6. The molecule has 6 heteroatoms. The van der Waals surface area contributed by atoms with Gasteiger partial charge in [-0.2, -0.15) is 0 Å². The molecule has 6 nitrogen and oxygen atoms in total. The van der Waals surface area contributed by atoms with Crippen LogP contribution in [0.3, 0.4) is 0 Å². The maximum absolute atomic E-state index is 12.1. The van der Waals surface area contributed by atoms with Crippen LogP contribution in [-0.4, -0.2) is 46.1 Å². The third-order valence-corrected chi connectivity index (χ3v) is 6.15. The molecule has 4 aliphatic rings. The molecule has 4 fully saturated rings. The number of carbonyl (C=O) groups is 1. The number of ether oxygens (including phenoxy) is 3. The van der Waals surface area contributed by atoms with Crippen LogP contribution < -0.4 is 0 Å². The van der Waals surface area contributed by atoms with Crippen molar-refractivity contribution in [2.75, 3.05) is 0 Å². The Kier molecular flexibility index (Phi) is 2.64. The van der Waals surface area contributed by atoms with E-state index in [-0.39, 0.29) is 11.8 Å². The predicted molar refractivity (Wildman–Crippen MR) is 69.7 cm³/mol. The van der Waals surface area contributed by atoms with Gasteiger partial charge in [-0.1, -0.05) is 13.8 Å². The molecule has 3 saturated heterocycles. The number of aliphatic hydroxyl groups is 2. The number of esters is 1. The van der Waals surface area contributed by atoms with Crippen molar-refractivity contribution < 1.29 is 29.2 Å². The SMILES string of the molecule is C[C@@H]1[C@H](O)[C@@H](O)[C@@H]2[C@@H](C)C(=O)O[C@@H]3O[C@]4(C)CC[C@H]1[C@]32O4. The summed E-state index contributed by atoms with van der Waals surface area (Å²) >= 11 is 0. The van der Waals surface area contributed by atoms with Crippen LogP contribution in [0.15, 0.2) is 0 Å². The lowest BCUT2D eigenvalue weighted by molar-refractivity contribution is -0.299. The van der Waals surface area contributed by atoms with Crippen molar-refractivity contribution in [1.82, 2.24) is 0 Å². The van der Waals surface area contributed by atoms with Crippen LogP contribution in [0.1, 0.15) is 33.6 Å². The second kappa shape index (κ2) is 3.98. The summed E-state index contributed by atoms with van der Waals surface area (Å²) in [5.74, 6) is -2.31. The van der Waals surface area contributed by atoms with Crippen LogP contribution in [-0.2, 0) is 19.0 Å². The molecule has 0 aromatic rings. The van der Waals surface area contributed by atoms with E-state index in [0.29, 0.717) is 6.42 Å². The first-order valence-corrected chi connectivity index (χ1v) is 7.75. The van der Waals surface area contributed by atoms with E-state index in [0.717, 1.165) is 6.42 Å². The standard InChI is InChI=1S/C15H22O6/c1-6-8-4-5-14(3)20-13-15(8,21-14)9(11(17)10(6)16)7(2)12(18)19-13/h6-11,13,16-17H,4-5H2,1-3H3/t6-,7+,8+,9-,10-,11-,13+,14-,15+/m0/s1. The molecule has 4 rings (SSSR count). The summed E-state index contributed by atoms with van der Waals surface area (Å²) in [5, 5.41) is 21.0. The van der Waals surface area contributed by atoms with Gasteiger partial charge in [0, 0.05) is 12.3 Å². The van der Waals surface area contributed by atoms with E-state index in [9.17, 15) is 15.0 Å². The summed E-state index contributed by atoms with van der Waals surface area (Å²) in [6.07, 6.45) is -1.12. The summed E-state index contributed by atoms with van der Waals surface area (Å²) in [6, 6.07) is 0. The fraction of sp³-hybridized carbons (Fsp3) is 0.933. The lowest BCUT2D eigenvalue weighted by Gasteiger charge is -2.58. The van der Waals surface area contributed by atoms with Crippen LogP contribution in [0.4, 0.5) is 0 Å². The van der Waals surface area contributed by atoms with Crippen molar-refractivity contribution in [3.05, 3.63) is 0 Å². The van der Waals surface area contributed by atoms with E-state index in [2.05, 4.69) is 0 Å². The molecule has 0 radical (unpaired) electrons. The molecule has 118 valence electrons. The minimum absolute atomic E-state index is 0.0111. The van der Waals surface area contributed by atoms with E-state index >= 15 is 0 Å². The highest BCUT2D eigenvalue weighted by molar-refractivity contribution is 5.74. The third-order valence-electron chi connectivity index (χ3n) is 6.15. The molecule has 1 aliphatic carbocycles. The average molecular weight is 298 g/mol. The second-order valence-electron chi connectivity index (χ2n) is 7.28. The number of fused-ring (bicyclic) bond motifs is 1. The fourth-order valence-corrected chi connectivity index (χ4v) is 5.10. The highest BCUT2D eigenvalue weighted by Gasteiger charge is 2.75. The smallest absolute Gasteiger partial charge is 0.311 e. The van der Waals surface area contributed by atoms with E-state index in [1.54, 1.807) is 6.92 Å². The fourth-order valence-electron chi connectivity index (χ4n) is 5.10. The second-order valence-corrected chi connectivity index (χ2v) is 7.28. The predicted octanol–water partition coefficient (Wildman–Crippen LogP) is 0.405. The zero-order chi connectivity index (χ0) is 15.2. The summed E-state index contributed by atoms with van der Waals surface area (Å²) in [7, 11) is 0. The van der Waals surface area contributed by atoms with Crippen LogP contribution in [0.5, 0.6) is 0 Å². The molecule has 3 heterocycles. The first kappa shape index (κ1) is 13.9. The molecule has 3 aliphatic heterocycles. The normalized spacial score (nSPS) is 62.1. The molecule has 21 heavy (non-hydrogen) atoms. The maximum Gasteiger partial charge on any atom is 0.311 e. The van der Waals surface area contributed by atoms with Crippen LogP contribution >= 0.6 is 0 Å². The van der Waals surface area contributed by atoms with Gasteiger partial charge in [-0.05, 0) is 25.2 Å². The zero-order valence-corrected chi connectivity index (χ0v) is 12.5. The third kappa shape index (κ3) is 1.49.